The van der Waals surface area contributed by atoms with Crippen molar-refractivity contribution in [1.82, 2.24) is 0 Å². The van der Waals surface area contributed by atoms with E-state index in [1.54, 1.807) is 0 Å². The Morgan fingerprint density at radius 3 is 0.843 bits per heavy atom. The second-order valence-electron chi connectivity index (χ2n) is 37.6. The molecule has 2 heterocycles. The zero-order valence-electron chi connectivity index (χ0n) is 71.2. The number of rotatable bonds is 6. The number of hydrogen-bond acceptors (Lipinski definition) is 3. The standard InChI is InChI=1S/C59H49NSi.C58H46N2/c1-58(2)48-20-12-10-16-40(48)42-28-24-37(33-50(42)58)36-25-30-46-47(32-36)57(38-26-29-43-41-17-11-13-21-49(41)59(3,4)51(43)34-38)45-19-9-8-18-44(45)56(46)39-27-31-55-53(35-39)60(5)52-22-14-15-23-54(52)61(55,6)7;1-57(2)47-19-11-9-15-39(47)41-27-23-36(32-49(41)57)35-24-29-45-46(31-35)56(37-25-28-42-40-16-10-12-20-48(40)58(3,4)50(42)33-37)44-18-8-7-17-43(44)55(45)38-26-30-53-54(34-38)60(6)52-22-14-13-21-51(52)59(53)5/h8-35H,1-7H3;7-34H,1-6H3. The molecule has 24 rings (SSSR count). The quantitative estimate of drug-likeness (QED) is 0.121. The topological polar surface area (TPSA) is 9.72 Å². The molecule has 0 amide bonds. The summed E-state index contributed by atoms with van der Waals surface area (Å²) in [5.74, 6) is 0. The first-order chi connectivity index (χ1) is 58.5. The summed E-state index contributed by atoms with van der Waals surface area (Å²) in [5.41, 5.74) is 44.3. The van der Waals surface area contributed by atoms with Crippen molar-refractivity contribution in [2.24, 2.45) is 0 Å². The molecule has 0 saturated heterocycles. The van der Waals surface area contributed by atoms with Crippen LogP contribution in [0.4, 0.5) is 34.1 Å². The lowest BCUT2D eigenvalue weighted by Gasteiger charge is -2.39. The Morgan fingerprint density at radius 1 is 0.182 bits per heavy atom. The third-order valence-corrected chi connectivity index (χ3v) is 33.0. The fourth-order valence-electron chi connectivity index (χ4n) is 23.0. The van der Waals surface area contributed by atoms with Crippen molar-refractivity contribution < 1.29 is 0 Å². The van der Waals surface area contributed by atoms with E-state index in [1.807, 2.05) is 0 Å². The highest BCUT2D eigenvalue weighted by Gasteiger charge is 2.42. The molecule has 4 heteroatoms. The zero-order valence-corrected chi connectivity index (χ0v) is 72.2. The summed E-state index contributed by atoms with van der Waals surface area (Å²) in [4.78, 5) is 7.11. The predicted molar refractivity (Wildman–Crippen MR) is 520 cm³/mol. The predicted octanol–water partition coefficient (Wildman–Crippen LogP) is 30.0. The molecule has 18 aromatic carbocycles. The Kier molecular flexibility index (Phi) is 15.7. The van der Waals surface area contributed by atoms with Crippen molar-refractivity contribution in [1.29, 1.82) is 0 Å². The smallest absolute Gasteiger partial charge is 0.117 e. The van der Waals surface area contributed by atoms with Gasteiger partial charge in [0.1, 0.15) is 8.07 Å². The van der Waals surface area contributed by atoms with Crippen LogP contribution in [0.3, 0.4) is 0 Å². The van der Waals surface area contributed by atoms with Crippen LogP contribution >= 0.6 is 0 Å². The van der Waals surface area contributed by atoms with E-state index in [2.05, 4.69) is 444 Å². The highest BCUT2D eigenvalue weighted by molar-refractivity contribution is 7.02. The second-order valence-corrected chi connectivity index (χ2v) is 41.9. The normalized spacial score (nSPS) is 15.4. The van der Waals surface area contributed by atoms with Crippen LogP contribution in [0.1, 0.15) is 99.9 Å². The van der Waals surface area contributed by atoms with Crippen molar-refractivity contribution in [3.8, 4) is 111 Å². The van der Waals surface area contributed by atoms with Crippen molar-refractivity contribution in [2.75, 3.05) is 35.8 Å². The van der Waals surface area contributed by atoms with Gasteiger partial charge in [-0.3, -0.25) is 0 Å². The summed E-state index contributed by atoms with van der Waals surface area (Å²) in [6.45, 7) is 24.1. The number of nitrogens with zero attached hydrogens (tertiary/aromatic N) is 3. The maximum atomic E-state index is 2.51. The monoisotopic (exact) mass is 1570 g/mol. The third kappa shape index (κ3) is 10.4. The van der Waals surface area contributed by atoms with Gasteiger partial charge in [-0.1, -0.05) is 335 Å². The lowest BCUT2D eigenvalue weighted by atomic mass is 9.80. The Hall–Kier alpha value is -13.4. The average molecular weight is 1570 g/mol. The van der Waals surface area contributed by atoms with Crippen LogP contribution in [0.25, 0.3) is 154 Å². The maximum absolute atomic E-state index is 2.51. The van der Waals surface area contributed by atoms with Gasteiger partial charge in [-0.2, -0.15) is 0 Å². The molecule has 6 aliphatic rings. The molecule has 2 aliphatic heterocycles. The summed E-state index contributed by atoms with van der Waals surface area (Å²) >= 11 is 0. The summed E-state index contributed by atoms with van der Waals surface area (Å²) in [7, 11) is 4.70. The van der Waals surface area contributed by atoms with Gasteiger partial charge in [-0.25, -0.2) is 0 Å². The van der Waals surface area contributed by atoms with Crippen LogP contribution in [-0.2, 0) is 21.7 Å². The number of fused-ring (bicyclic) bond motifs is 20. The number of benzene rings is 18. The molecular weight excluding hydrogens is 1480 g/mol. The molecule has 0 bridgehead atoms. The van der Waals surface area contributed by atoms with Gasteiger partial charge in [-0.15, -0.1) is 0 Å². The second kappa shape index (κ2) is 26.1. The molecule has 0 atom stereocenters. The highest BCUT2D eigenvalue weighted by atomic mass is 28.3. The molecule has 0 radical (unpaired) electrons. The Balaban J connectivity index is 0.000000141. The molecule has 0 unspecified atom stereocenters. The van der Waals surface area contributed by atoms with E-state index < -0.39 is 8.07 Å². The van der Waals surface area contributed by atoms with E-state index in [-0.39, 0.29) is 21.7 Å². The number of anilines is 6. The zero-order chi connectivity index (χ0) is 82.2. The van der Waals surface area contributed by atoms with Gasteiger partial charge in [0.15, 0.2) is 0 Å². The minimum atomic E-state index is -1.93. The first-order valence-corrected chi connectivity index (χ1v) is 46.2. The van der Waals surface area contributed by atoms with E-state index in [0.29, 0.717) is 0 Å². The van der Waals surface area contributed by atoms with Gasteiger partial charge in [0.25, 0.3) is 0 Å². The third-order valence-electron chi connectivity index (χ3n) is 29.5. The van der Waals surface area contributed by atoms with Crippen LogP contribution in [0.2, 0.25) is 13.1 Å². The molecule has 0 aromatic heterocycles. The molecule has 3 nitrogen and oxygen atoms in total. The van der Waals surface area contributed by atoms with Crippen LogP contribution in [0.5, 0.6) is 0 Å². The van der Waals surface area contributed by atoms with Gasteiger partial charge >= 0.3 is 0 Å². The SMILES string of the molecule is CN1c2ccccc2N(C)c2cc(-c3c4ccccc4c(-c4ccc5c(c4)C(C)(C)c4ccccc4-5)c4cc(-c5ccc6c(c5)C(C)(C)c5ccccc5-6)ccc34)ccc21.CN1c2ccccc2[Si](C)(C)c2ccc(-c3c4ccccc4c(-c4ccc5c(c4)C(C)(C)c4ccccc4-5)c4cc(-c5ccc6c(c5)C(C)(C)c5ccccc5-6)ccc34)cc21. The molecule has 582 valence electrons. The molecule has 0 spiro atoms. The number of para-hydroxylation sites is 3. The van der Waals surface area contributed by atoms with Gasteiger partial charge in [0.2, 0.25) is 0 Å². The molecule has 0 saturated carbocycles. The Morgan fingerprint density at radius 2 is 0.430 bits per heavy atom. The molecule has 0 fully saturated rings. The van der Waals surface area contributed by atoms with Crippen molar-refractivity contribution in [3.05, 3.63) is 384 Å². The maximum Gasteiger partial charge on any atom is 0.117 e. The summed E-state index contributed by atoms with van der Waals surface area (Å²) in [6.07, 6.45) is 0. The minimum Gasteiger partial charge on any atom is -0.345 e. The number of hydrogen-bond donors (Lipinski definition) is 0. The van der Waals surface area contributed by atoms with E-state index in [0.717, 1.165) is 0 Å². The summed E-state index contributed by atoms with van der Waals surface area (Å²) in [6, 6.07) is 130. The molecule has 18 aromatic rings. The van der Waals surface area contributed by atoms with Gasteiger partial charge < -0.3 is 14.7 Å². The summed E-state index contributed by atoms with van der Waals surface area (Å²) in [5, 5.41) is 13.2. The van der Waals surface area contributed by atoms with Crippen molar-refractivity contribution >= 4 is 95.7 Å². The Labute approximate surface area is 712 Å². The van der Waals surface area contributed by atoms with E-state index >= 15 is 0 Å². The average Bonchev–Trinajstić information content (AvgIpc) is 1.65. The van der Waals surface area contributed by atoms with Crippen LogP contribution < -0.4 is 25.1 Å². The van der Waals surface area contributed by atoms with E-state index in [1.165, 1.54) is 243 Å². The van der Waals surface area contributed by atoms with Crippen LogP contribution in [0, 0.1) is 0 Å². The lowest BCUT2D eigenvalue weighted by molar-refractivity contribution is 0.660. The highest BCUT2D eigenvalue weighted by Crippen LogP contribution is 2.58. The van der Waals surface area contributed by atoms with Gasteiger partial charge in [-0.05, 0) is 282 Å². The minimum absolute atomic E-state index is 0.0698. The molecule has 121 heavy (non-hydrogen) atoms. The molecular formula is C117H95N3Si. The van der Waals surface area contributed by atoms with Gasteiger partial charge in [0, 0.05) is 54.2 Å². The van der Waals surface area contributed by atoms with Gasteiger partial charge in [0.05, 0.1) is 22.7 Å². The summed E-state index contributed by atoms with van der Waals surface area (Å²) < 4.78 is 0. The van der Waals surface area contributed by atoms with E-state index in [4.69, 9.17) is 0 Å². The van der Waals surface area contributed by atoms with Crippen LogP contribution in [0.15, 0.2) is 340 Å². The molecule has 4 aliphatic carbocycles. The first kappa shape index (κ1) is 72.8. The van der Waals surface area contributed by atoms with Crippen LogP contribution in [-0.4, -0.2) is 29.2 Å². The van der Waals surface area contributed by atoms with E-state index in [9.17, 15) is 0 Å². The fraction of sp³-hybridized carbons (Fsp3) is 0.145. The lowest BCUT2D eigenvalue weighted by Crippen LogP contribution is -2.58. The first-order valence-electron chi connectivity index (χ1n) is 43.2. The fourth-order valence-corrected chi connectivity index (χ4v) is 26.1. The molecule has 0 N–H and O–H groups in total. The van der Waals surface area contributed by atoms with Crippen molar-refractivity contribution in [3.63, 3.8) is 0 Å². The Bertz CT molecular complexity index is 7570. The van der Waals surface area contributed by atoms with Crippen molar-refractivity contribution in [2.45, 2.75) is 90.1 Å². The largest absolute Gasteiger partial charge is 0.345 e.